The smallest absolute Gasteiger partial charge is 0.320 e. The van der Waals surface area contributed by atoms with Crippen LogP contribution in [0.15, 0.2) is 35.4 Å². The predicted octanol–water partition coefficient (Wildman–Crippen LogP) is 3.74. The first-order valence-corrected chi connectivity index (χ1v) is 7.85. The topological polar surface area (TPSA) is 48.4 Å². The van der Waals surface area contributed by atoms with E-state index < -0.39 is 5.41 Å². The van der Waals surface area contributed by atoms with Crippen LogP contribution in [0.5, 0.6) is 5.88 Å². The minimum atomic E-state index is -0.814. The number of aryl methyl sites for hydroxylation is 1. The summed E-state index contributed by atoms with van der Waals surface area (Å²) in [5, 5.41) is 0. The number of hydrogen-bond donors (Lipinski definition) is 0. The van der Waals surface area contributed by atoms with Crippen molar-refractivity contribution in [2.24, 2.45) is 5.92 Å². The van der Waals surface area contributed by atoms with Gasteiger partial charge in [-0.3, -0.25) is 4.79 Å². The van der Waals surface area contributed by atoms with E-state index in [0.717, 1.165) is 16.8 Å². The number of esters is 1. The largest absolute Gasteiger partial charge is 0.481 e. The van der Waals surface area contributed by atoms with Crippen molar-refractivity contribution < 1.29 is 14.3 Å². The molecular formula is C19H25NO3. The van der Waals surface area contributed by atoms with Crippen LogP contribution in [0.25, 0.3) is 0 Å². The summed E-state index contributed by atoms with van der Waals surface area (Å²) in [6, 6.07) is 3.74. The van der Waals surface area contributed by atoms with E-state index in [1.54, 1.807) is 13.2 Å². The fourth-order valence-electron chi connectivity index (χ4n) is 3.82. The standard InChI is InChI=1S/C19H25NO3/c1-7-15-13(3)10-12(2)11-19(15,18(21)23-6)16-8-9-17(22-5)20-14(16)4/h7-10,13H,11H2,1-6H3/b15-7+/t13-,19-/m1/s1. The van der Waals surface area contributed by atoms with Crippen LogP contribution in [0.4, 0.5) is 0 Å². The Morgan fingerprint density at radius 1 is 1.35 bits per heavy atom. The third-order valence-electron chi connectivity index (χ3n) is 4.64. The Bertz CT molecular complexity index is 675. The van der Waals surface area contributed by atoms with Crippen LogP contribution in [-0.4, -0.2) is 25.2 Å². The molecule has 0 fully saturated rings. The van der Waals surface area contributed by atoms with E-state index >= 15 is 0 Å². The van der Waals surface area contributed by atoms with Crippen molar-refractivity contribution in [1.29, 1.82) is 0 Å². The fourth-order valence-corrected chi connectivity index (χ4v) is 3.82. The minimum Gasteiger partial charge on any atom is -0.481 e. The molecule has 2 rings (SSSR count). The molecule has 0 aliphatic heterocycles. The van der Waals surface area contributed by atoms with Crippen LogP contribution in [0.1, 0.15) is 38.4 Å². The van der Waals surface area contributed by atoms with Gasteiger partial charge in [-0.05, 0) is 44.2 Å². The number of aromatic nitrogens is 1. The molecule has 0 radical (unpaired) electrons. The summed E-state index contributed by atoms with van der Waals surface area (Å²) in [6.45, 7) is 8.06. The zero-order chi connectivity index (χ0) is 17.2. The first kappa shape index (κ1) is 17.3. The van der Waals surface area contributed by atoms with Crippen molar-refractivity contribution >= 4 is 5.97 Å². The average molecular weight is 315 g/mol. The van der Waals surface area contributed by atoms with Crippen molar-refractivity contribution in [3.8, 4) is 5.88 Å². The molecule has 1 aromatic rings. The number of carbonyl (C=O) groups is 1. The lowest BCUT2D eigenvalue weighted by Crippen LogP contribution is -2.43. The molecule has 1 aliphatic carbocycles. The average Bonchev–Trinajstić information content (AvgIpc) is 2.52. The van der Waals surface area contributed by atoms with Crippen LogP contribution in [0, 0.1) is 12.8 Å². The number of methoxy groups -OCH3 is 2. The molecule has 1 heterocycles. The van der Waals surface area contributed by atoms with Crippen LogP contribution < -0.4 is 4.74 Å². The van der Waals surface area contributed by atoms with E-state index in [2.05, 4.69) is 24.9 Å². The van der Waals surface area contributed by atoms with Crippen LogP contribution in [-0.2, 0) is 14.9 Å². The Kier molecular flexibility index (Phi) is 4.93. The highest BCUT2D eigenvalue weighted by atomic mass is 16.5. The Morgan fingerprint density at radius 2 is 2.04 bits per heavy atom. The maximum atomic E-state index is 12.9. The van der Waals surface area contributed by atoms with E-state index in [4.69, 9.17) is 9.47 Å². The molecule has 4 nitrogen and oxygen atoms in total. The molecule has 0 saturated carbocycles. The normalized spacial score (nSPS) is 25.9. The maximum absolute atomic E-state index is 12.9. The van der Waals surface area contributed by atoms with Gasteiger partial charge in [-0.1, -0.05) is 30.7 Å². The summed E-state index contributed by atoms with van der Waals surface area (Å²) < 4.78 is 10.4. The number of rotatable bonds is 3. The molecule has 23 heavy (non-hydrogen) atoms. The van der Waals surface area contributed by atoms with Crippen molar-refractivity contribution in [3.05, 3.63) is 46.7 Å². The van der Waals surface area contributed by atoms with E-state index in [9.17, 15) is 4.79 Å². The molecule has 0 aromatic carbocycles. The number of allylic oxidation sites excluding steroid dienone is 3. The maximum Gasteiger partial charge on any atom is 0.320 e. The van der Waals surface area contributed by atoms with Gasteiger partial charge in [-0.25, -0.2) is 4.98 Å². The van der Waals surface area contributed by atoms with Gasteiger partial charge in [-0.15, -0.1) is 0 Å². The first-order chi connectivity index (χ1) is 10.9. The van der Waals surface area contributed by atoms with Gasteiger partial charge in [0, 0.05) is 11.8 Å². The first-order valence-electron chi connectivity index (χ1n) is 7.85. The third-order valence-corrected chi connectivity index (χ3v) is 4.64. The summed E-state index contributed by atoms with van der Waals surface area (Å²) in [5.74, 6) is 0.485. The Labute approximate surface area is 138 Å². The SMILES string of the molecule is C/C=C1\[C@H](C)C=C(C)C[C@]1(C(=O)OC)c1ccc(OC)nc1C. The van der Waals surface area contributed by atoms with Gasteiger partial charge >= 0.3 is 5.97 Å². The van der Waals surface area contributed by atoms with Gasteiger partial charge in [0.05, 0.1) is 14.2 Å². The monoisotopic (exact) mass is 315 g/mol. The molecule has 0 amide bonds. The molecule has 124 valence electrons. The molecule has 0 N–H and O–H groups in total. The molecule has 0 spiro atoms. The Hall–Kier alpha value is -2.10. The second-order valence-corrected chi connectivity index (χ2v) is 6.11. The Morgan fingerprint density at radius 3 is 2.57 bits per heavy atom. The highest BCUT2D eigenvalue weighted by Gasteiger charge is 2.49. The van der Waals surface area contributed by atoms with Gasteiger partial charge < -0.3 is 9.47 Å². The second kappa shape index (κ2) is 6.57. The van der Waals surface area contributed by atoms with Gasteiger partial charge in [0.25, 0.3) is 0 Å². The zero-order valence-electron chi connectivity index (χ0n) is 14.8. The van der Waals surface area contributed by atoms with Gasteiger partial charge in [0.15, 0.2) is 0 Å². The van der Waals surface area contributed by atoms with E-state index in [0.29, 0.717) is 12.3 Å². The lowest BCUT2D eigenvalue weighted by Gasteiger charge is -2.40. The summed E-state index contributed by atoms with van der Waals surface area (Å²) in [6.07, 6.45) is 4.86. The lowest BCUT2D eigenvalue weighted by atomic mass is 9.62. The zero-order valence-corrected chi connectivity index (χ0v) is 14.8. The molecular weight excluding hydrogens is 290 g/mol. The number of carbonyl (C=O) groups excluding carboxylic acids is 1. The summed E-state index contributed by atoms with van der Waals surface area (Å²) in [7, 11) is 3.03. The Balaban J connectivity index is 2.75. The number of nitrogens with zero attached hydrogens (tertiary/aromatic N) is 1. The molecule has 0 unspecified atom stereocenters. The quantitative estimate of drug-likeness (QED) is 0.630. The lowest BCUT2D eigenvalue weighted by molar-refractivity contribution is -0.146. The van der Waals surface area contributed by atoms with Crippen molar-refractivity contribution in [3.63, 3.8) is 0 Å². The third kappa shape index (κ3) is 2.78. The van der Waals surface area contributed by atoms with E-state index in [1.807, 2.05) is 26.0 Å². The van der Waals surface area contributed by atoms with Crippen LogP contribution in [0.3, 0.4) is 0 Å². The summed E-state index contributed by atoms with van der Waals surface area (Å²) in [4.78, 5) is 17.4. The molecule has 4 heteroatoms. The van der Waals surface area contributed by atoms with Crippen molar-refractivity contribution in [2.75, 3.05) is 14.2 Å². The molecule has 0 bridgehead atoms. The number of pyridine rings is 1. The fraction of sp³-hybridized carbons (Fsp3) is 0.474. The minimum absolute atomic E-state index is 0.175. The highest BCUT2D eigenvalue weighted by molar-refractivity contribution is 5.89. The highest BCUT2D eigenvalue weighted by Crippen LogP contribution is 2.47. The van der Waals surface area contributed by atoms with Crippen LogP contribution in [0.2, 0.25) is 0 Å². The molecule has 1 aliphatic rings. The predicted molar refractivity (Wildman–Crippen MR) is 90.5 cm³/mol. The summed E-state index contributed by atoms with van der Waals surface area (Å²) in [5.41, 5.74) is 3.10. The van der Waals surface area contributed by atoms with Gasteiger partial charge in [0.1, 0.15) is 5.41 Å². The van der Waals surface area contributed by atoms with Crippen LogP contribution >= 0.6 is 0 Å². The van der Waals surface area contributed by atoms with E-state index in [1.165, 1.54) is 12.7 Å². The summed E-state index contributed by atoms with van der Waals surface area (Å²) >= 11 is 0. The molecule has 2 atom stereocenters. The number of hydrogen-bond acceptors (Lipinski definition) is 4. The molecule has 1 aromatic heterocycles. The van der Waals surface area contributed by atoms with Gasteiger partial charge in [0.2, 0.25) is 5.88 Å². The van der Waals surface area contributed by atoms with Crippen molar-refractivity contribution in [2.45, 2.75) is 39.5 Å². The van der Waals surface area contributed by atoms with Crippen molar-refractivity contribution in [1.82, 2.24) is 4.98 Å². The second-order valence-electron chi connectivity index (χ2n) is 6.11. The van der Waals surface area contributed by atoms with E-state index in [-0.39, 0.29) is 11.9 Å². The van der Waals surface area contributed by atoms with Gasteiger partial charge in [-0.2, -0.15) is 0 Å². The molecule has 0 saturated heterocycles. The number of ether oxygens (including phenoxy) is 2.